The third kappa shape index (κ3) is 3.17. The van der Waals surface area contributed by atoms with Gasteiger partial charge in [-0.2, -0.15) is 0 Å². The molecule has 0 saturated carbocycles. The lowest BCUT2D eigenvalue weighted by Crippen LogP contribution is -2.02. The van der Waals surface area contributed by atoms with Crippen LogP contribution < -0.4 is 4.74 Å². The van der Waals surface area contributed by atoms with Gasteiger partial charge in [-0.3, -0.25) is 4.21 Å². The minimum atomic E-state index is -1.14. The maximum Gasteiger partial charge on any atom is 0.127 e. The Hall–Kier alpha value is -1.68. The van der Waals surface area contributed by atoms with Crippen LogP contribution in [0.4, 0.5) is 0 Å². The first-order valence-corrected chi connectivity index (χ1v) is 7.13. The molecule has 0 spiro atoms. The average molecular weight is 261 g/mol. The Morgan fingerprint density at radius 1 is 1.17 bits per heavy atom. The van der Waals surface area contributed by atoms with Crippen molar-refractivity contribution in [2.75, 3.05) is 6.61 Å². The third-order valence-electron chi connectivity index (χ3n) is 2.43. The van der Waals surface area contributed by atoms with Crippen LogP contribution in [0.25, 0.3) is 0 Å². The lowest BCUT2D eigenvalue weighted by molar-refractivity contribution is 0.337. The Labute approximate surface area is 109 Å². The van der Waals surface area contributed by atoms with E-state index in [2.05, 4.69) is 4.98 Å². The van der Waals surface area contributed by atoms with E-state index in [1.165, 1.54) is 0 Å². The third-order valence-corrected chi connectivity index (χ3v) is 3.71. The van der Waals surface area contributed by atoms with Gasteiger partial charge in [0.2, 0.25) is 0 Å². The Bertz CT molecular complexity index is 528. The van der Waals surface area contributed by atoms with Crippen LogP contribution in [0.5, 0.6) is 5.75 Å². The molecule has 2 aromatic rings. The Morgan fingerprint density at radius 2 is 1.94 bits per heavy atom. The molecule has 0 amide bonds. The maximum atomic E-state index is 12.2. The van der Waals surface area contributed by atoms with Gasteiger partial charge in [-0.15, -0.1) is 0 Å². The highest BCUT2D eigenvalue weighted by Gasteiger charge is 2.09. The van der Waals surface area contributed by atoms with Gasteiger partial charge in [0.05, 0.1) is 23.2 Å². The summed E-state index contributed by atoms with van der Waals surface area (Å²) < 4.78 is 17.7. The van der Waals surface area contributed by atoms with Crippen LogP contribution >= 0.6 is 0 Å². The van der Waals surface area contributed by atoms with E-state index in [1.54, 1.807) is 12.3 Å². The molecule has 1 heterocycles. The molecule has 0 saturated heterocycles. The number of benzene rings is 1. The van der Waals surface area contributed by atoms with E-state index in [4.69, 9.17) is 4.74 Å². The first kappa shape index (κ1) is 12.8. The fourth-order valence-corrected chi connectivity index (χ4v) is 2.69. The predicted octanol–water partition coefficient (Wildman–Crippen LogP) is 2.79. The number of aromatic nitrogens is 1. The molecular weight excluding hydrogens is 246 g/mol. The predicted molar refractivity (Wildman–Crippen MR) is 72.0 cm³/mol. The van der Waals surface area contributed by atoms with Gasteiger partial charge in [0, 0.05) is 11.8 Å². The minimum Gasteiger partial charge on any atom is -0.494 e. The van der Waals surface area contributed by atoms with E-state index >= 15 is 0 Å². The van der Waals surface area contributed by atoms with Crippen molar-refractivity contribution in [3.63, 3.8) is 0 Å². The van der Waals surface area contributed by atoms with Crippen LogP contribution in [-0.2, 0) is 16.6 Å². The number of hydrogen-bond donors (Lipinski definition) is 0. The molecule has 94 valence electrons. The zero-order chi connectivity index (χ0) is 12.8. The molecule has 0 aliphatic carbocycles. The standard InChI is InChI=1S/C14H15NO2S/c1-2-17-13-8-4-3-7-12(13)11-18(16)14-9-5-6-10-15-14/h3-10H,2,11H2,1H3. The maximum absolute atomic E-state index is 12.2. The minimum absolute atomic E-state index is 0.424. The van der Waals surface area contributed by atoms with Crippen molar-refractivity contribution in [2.45, 2.75) is 17.7 Å². The molecule has 0 bridgehead atoms. The van der Waals surface area contributed by atoms with Crippen LogP contribution in [0.1, 0.15) is 12.5 Å². The summed E-state index contributed by atoms with van der Waals surface area (Å²) in [5.41, 5.74) is 0.948. The Morgan fingerprint density at radius 3 is 2.67 bits per heavy atom. The molecule has 4 heteroatoms. The fourth-order valence-electron chi connectivity index (χ4n) is 1.62. The number of pyridine rings is 1. The molecule has 1 aromatic carbocycles. The van der Waals surface area contributed by atoms with Crippen LogP contribution in [0.15, 0.2) is 53.7 Å². The van der Waals surface area contributed by atoms with Gasteiger partial charge in [0.15, 0.2) is 0 Å². The van der Waals surface area contributed by atoms with Gasteiger partial charge >= 0.3 is 0 Å². The molecule has 1 atom stereocenters. The fraction of sp³-hybridized carbons (Fsp3) is 0.214. The molecular formula is C14H15NO2S. The number of rotatable bonds is 5. The van der Waals surface area contributed by atoms with Crippen LogP contribution in [-0.4, -0.2) is 15.8 Å². The number of nitrogens with zero attached hydrogens (tertiary/aromatic N) is 1. The molecule has 1 aromatic heterocycles. The quantitative estimate of drug-likeness (QED) is 0.830. The van der Waals surface area contributed by atoms with Crippen LogP contribution in [0.2, 0.25) is 0 Å². The molecule has 1 unspecified atom stereocenters. The second kappa shape index (κ2) is 6.31. The van der Waals surface area contributed by atoms with E-state index in [9.17, 15) is 4.21 Å². The summed E-state index contributed by atoms with van der Waals surface area (Å²) in [7, 11) is -1.14. The summed E-state index contributed by atoms with van der Waals surface area (Å²) >= 11 is 0. The van der Waals surface area contributed by atoms with Gasteiger partial charge in [0.25, 0.3) is 0 Å². The SMILES string of the molecule is CCOc1ccccc1CS(=O)c1ccccn1. The number of hydrogen-bond acceptors (Lipinski definition) is 3. The molecule has 0 aliphatic rings. The summed E-state index contributed by atoms with van der Waals surface area (Å²) in [6, 6.07) is 13.1. The van der Waals surface area contributed by atoms with E-state index in [-0.39, 0.29) is 0 Å². The zero-order valence-corrected chi connectivity index (χ0v) is 11.0. The molecule has 3 nitrogen and oxygen atoms in total. The normalized spacial score (nSPS) is 12.1. The molecule has 0 aliphatic heterocycles. The highest BCUT2D eigenvalue weighted by atomic mass is 32.2. The van der Waals surface area contributed by atoms with Crippen molar-refractivity contribution in [1.29, 1.82) is 0 Å². The van der Waals surface area contributed by atoms with Crippen molar-refractivity contribution >= 4 is 10.8 Å². The summed E-state index contributed by atoms with van der Waals surface area (Å²) in [5.74, 6) is 1.22. The molecule has 2 rings (SSSR count). The van der Waals surface area contributed by atoms with Crippen molar-refractivity contribution < 1.29 is 8.95 Å². The Balaban J connectivity index is 2.17. The highest BCUT2D eigenvalue weighted by Crippen LogP contribution is 2.21. The van der Waals surface area contributed by atoms with Gasteiger partial charge in [0.1, 0.15) is 10.8 Å². The van der Waals surface area contributed by atoms with Gasteiger partial charge in [-0.25, -0.2) is 4.98 Å². The average Bonchev–Trinajstić information content (AvgIpc) is 2.42. The summed E-state index contributed by atoms with van der Waals surface area (Å²) in [4.78, 5) is 4.11. The van der Waals surface area contributed by atoms with Crippen molar-refractivity contribution in [1.82, 2.24) is 4.98 Å². The molecule has 0 radical (unpaired) electrons. The Kier molecular flexibility index (Phi) is 4.47. The van der Waals surface area contributed by atoms with Gasteiger partial charge in [-0.05, 0) is 25.1 Å². The lowest BCUT2D eigenvalue weighted by Gasteiger charge is -2.09. The highest BCUT2D eigenvalue weighted by molar-refractivity contribution is 7.84. The second-order valence-electron chi connectivity index (χ2n) is 3.70. The van der Waals surface area contributed by atoms with E-state index in [1.807, 2.05) is 43.3 Å². The zero-order valence-electron chi connectivity index (χ0n) is 10.2. The smallest absolute Gasteiger partial charge is 0.127 e. The van der Waals surface area contributed by atoms with Crippen molar-refractivity contribution in [3.8, 4) is 5.75 Å². The summed E-state index contributed by atoms with van der Waals surface area (Å²) in [5, 5.41) is 0.601. The van der Waals surface area contributed by atoms with Gasteiger partial charge < -0.3 is 4.74 Å². The van der Waals surface area contributed by atoms with E-state index < -0.39 is 10.8 Å². The summed E-state index contributed by atoms with van der Waals surface area (Å²) in [6.45, 7) is 2.54. The lowest BCUT2D eigenvalue weighted by atomic mass is 10.2. The van der Waals surface area contributed by atoms with E-state index in [0.29, 0.717) is 17.4 Å². The topological polar surface area (TPSA) is 39.2 Å². The molecule has 0 fully saturated rings. The largest absolute Gasteiger partial charge is 0.494 e. The van der Waals surface area contributed by atoms with Crippen molar-refractivity contribution in [2.24, 2.45) is 0 Å². The number of ether oxygens (including phenoxy) is 1. The van der Waals surface area contributed by atoms with E-state index in [0.717, 1.165) is 11.3 Å². The van der Waals surface area contributed by atoms with Crippen LogP contribution in [0.3, 0.4) is 0 Å². The summed E-state index contributed by atoms with van der Waals surface area (Å²) in [6.07, 6.45) is 1.65. The first-order valence-electron chi connectivity index (χ1n) is 5.81. The molecule has 18 heavy (non-hydrogen) atoms. The van der Waals surface area contributed by atoms with Crippen LogP contribution in [0, 0.1) is 0 Å². The molecule has 0 N–H and O–H groups in total. The van der Waals surface area contributed by atoms with Gasteiger partial charge in [-0.1, -0.05) is 24.3 Å². The monoisotopic (exact) mass is 261 g/mol. The first-order chi connectivity index (χ1) is 8.81. The van der Waals surface area contributed by atoms with Crippen molar-refractivity contribution in [3.05, 3.63) is 54.2 Å². The second-order valence-corrected chi connectivity index (χ2v) is 5.10. The number of para-hydroxylation sites is 1.